The number of aryl methyl sites for hydroxylation is 1. The Hall–Kier alpha value is -3.43. The van der Waals surface area contributed by atoms with Crippen molar-refractivity contribution in [3.8, 4) is 0 Å². The van der Waals surface area contributed by atoms with E-state index in [9.17, 15) is 9.18 Å². The normalized spacial score (nSPS) is 10.9. The van der Waals surface area contributed by atoms with Crippen molar-refractivity contribution in [2.75, 3.05) is 17.7 Å². The average molecular weight is 474 g/mol. The Kier molecular flexibility index (Phi) is 6.38. The van der Waals surface area contributed by atoms with E-state index in [0.717, 1.165) is 17.1 Å². The van der Waals surface area contributed by atoms with Gasteiger partial charge in [-0.3, -0.25) is 9.48 Å². The summed E-state index contributed by atoms with van der Waals surface area (Å²) in [5, 5.41) is 14.6. The predicted molar refractivity (Wildman–Crippen MR) is 123 cm³/mol. The molecule has 11 heteroatoms. The predicted octanol–water partition coefficient (Wildman–Crippen LogP) is 4.90. The summed E-state index contributed by atoms with van der Waals surface area (Å²) in [6.45, 7) is 0.474. The van der Waals surface area contributed by atoms with Crippen molar-refractivity contribution in [2.45, 2.75) is 13.0 Å². The number of halogens is 3. The highest BCUT2D eigenvalue weighted by Gasteiger charge is 2.10. The number of hydrogen-bond donors (Lipinski definition) is 3. The van der Waals surface area contributed by atoms with Crippen LogP contribution in [0.25, 0.3) is 10.9 Å². The minimum atomic E-state index is -0.616. The minimum Gasteiger partial charge on any atom is -0.359 e. The second-order valence-corrected chi connectivity index (χ2v) is 7.67. The lowest BCUT2D eigenvalue weighted by molar-refractivity contribution is -0.120. The van der Waals surface area contributed by atoms with Crippen LogP contribution in [-0.4, -0.2) is 32.7 Å². The van der Waals surface area contributed by atoms with Crippen LogP contribution in [0.3, 0.4) is 0 Å². The Balaban J connectivity index is 1.51. The van der Waals surface area contributed by atoms with Gasteiger partial charge in [-0.25, -0.2) is 9.37 Å². The number of nitrogens with zero attached hydrogens (tertiary/aromatic N) is 4. The van der Waals surface area contributed by atoms with E-state index in [-0.39, 0.29) is 17.7 Å². The van der Waals surface area contributed by atoms with Crippen LogP contribution in [0, 0.1) is 5.82 Å². The largest absolute Gasteiger partial charge is 0.359 e. The molecule has 0 unspecified atom stereocenters. The van der Waals surface area contributed by atoms with Crippen LogP contribution in [0.1, 0.15) is 6.42 Å². The maximum Gasteiger partial charge on any atom is 0.229 e. The number of amides is 1. The number of benzene rings is 2. The lowest BCUT2D eigenvalue weighted by Crippen LogP contribution is -2.19. The fourth-order valence-corrected chi connectivity index (χ4v) is 3.26. The van der Waals surface area contributed by atoms with Gasteiger partial charge >= 0.3 is 0 Å². The molecule has 2 aromatic carbocycles. The third-order valence-corrected chi connectivity index (χ3v) is 5.32. The van der Waals surface area contributed by atoms with Crippen molar-refractivity contribution in [3.05, 3.63) is 64.7 Å². The summed E-state index contributed by atoms with van der Waals surface area (Å²) in [6.07, 6.45) is 3.27. The van der Waals surface area contributed by atoms with Crippen molar-refractivity contribution in [3.63, 3.8) is 0 Å². The van der Waals surface area contributed by atoms with Gasteiger partial charge in [0, 0.05) is 43.0 Å². The smallest absolute Gasteiger partial charge is 0.229 e. The molecule has 0 aliphatic rings. The summed E-state index contributed by atoms with van der Waals surface area (Å²) in [7, 11) is 1.60. The molecule has 0 bridgehead atoms. The Bertz CT molecular complexity index is 1290. The number of hydrogen-bond acceptors (Lipinski definition) is 6. The van der Waals surface area contributed by atoms with Crippen LogP contribution < -0.4 is 16.0 Å². The van der Waals surface area contributed by atoms with E-state index < -0.39 is 5.82 Å². The van der Waals surface area contributed by atoms with Crippen molar-refractivity contribution < 1.29 is 9.18 Å². The fraction of sp³-hybridized carbons (Fsp3) is 0.143. The molecule has 0 spiro atoms. The van der Waals surface area contributed by atoms with E-state index in [1.807, 2.05) is 24.4 Å². The summed E-state index contributed by atoms with van der Waals surface area (Å²) < 4.78 is 15.9. The lowest BCUT2D eigenvalue weighted by Gasteiger charge is -2.10. The van der Waals surface area contributed by atoms with Crippen LogP contribution in [0.5, 0.6) is 0 Å². The number of rotatable bonds is 7. The lowest BCUT2D eigenvalue weighted by atomic mass is 10.2. The van der Waals surface area contributed by atoms with Gasteiger partial charge in [-0.2, -0.15) is 10.1 Å². The van der Waals surface area contributed by atoms with E-state index in [4.69, 9.17) is 23.2 Å². The molecule has 2 heterocycles. The maximum absolute atomic E-state index is 14.2. The van der Waals surface area contributed by atoms with Gasteiger partial charge in [-0.15, -0.1) is 0 Å². The summed E-state index contributed by atoms with van der Waals surface area (Å²) in [6, 6.07) is 10.4. The van der Waals surface area contributed by atoms with Crippen molar-refractivity contribution in [1.29, 1.82) is 0 Å². The molecule has 0 aliphatic heterocycles. The van der Waals surface area contributed by atoms with Gasteiger partial charge < -0.3 is 16.0 Å². The molecule has 4 rings (SSSR count). The summed E-state index contributed by atoms with van der Waals surface area (Å²) in [5.74, 6) is -0.468. The van der Waals surface area contributed by atoms with Gasteiger partial charge in [-0.1, -0.05) is 23.2 Å². The molecular weight excluding hydrogens is 456 g/mol. The number of carbonyl (C=O) groups excluding carboxylic acids is 1. The first-order valence-electron chi connectivity index (χ1n) is 9.61. The summed E-state index contributed by atoms with van der Waals surface area (Å²) >= 11 is 11.9. The van der Waals surface area contributed by atoms with Crippen molar-refractivity contribution >= 4 is 63.2 Å². The average Bonchev–Trinajstić information content (AvgIpc) is 3.19. The van der Waals surface area contributed by atoms with Crippen LogP contribution in [0.2, 0.25) is 10.0 Å². The Labute approximate surface area is 192 Å². The molecular formula is C21H18Cl2FN7O. The van der Waals surface area contributed by atoms with Gasteiger partial charge in [0.15, 0.2) is 11.6 Å². The van der Waals surface area contributed by atoms with Gasteiger partial charge in [-0.05, 0) is 36.4 Å². The van der Waals surface area contributed by atoms with Crippen molar-refractivity contribution in [1.82, 2.24) is 25.1 Å². The van der Waals surface area contributed by atoms with E-state index >= 15 is 0 Å². The monoisotopic (exact) mass is 473 g/mol. The number of nitrogens with one attached hydrogen (secondary N) is 3. The molecule has 0 radical (unpaired) electrons. The SMILES string of the molecule is CNC(=O)CCn1cc2cc(Nc3ncc(F)c(Nc4ccc(Cl)c(Cl)c4)n3)ccc2n1. The molecule has 0 aliphatic carbocycles. The zero-order chi connectivity index (χ0) is 22.7. The quantitative estimate of drug-likeness (QED) is 0.353. The first-order chi connectivity index (χ1) is 15.4. The van der Waals surface area contributed by atoms with E-state index in [1.54, 1.807) is 29.9 Å². The molecule has 0 atom stereocenters. The van der Waals surface area contributed by atoms with Crippen LogP contribution in [0.4, 0.5) is 27.5 Å². The molecule has 8 nitrogen and oxygen atoms in total. The van der Waals surface area contributed by atoms with Gasteiger partial charge in [0.1, 0.15) is 0 Å². The van der Waals surface area contributed by atoms with Crippen LogP contribution in [0.15, 0.2) is 48.8 Å². The maximum atomic E-state index is 14.2. The second-order valence-electron chi connectivity index (χ2n) is 6.86. The Morgan fingerprint density at radius 1 is 1.09 bits per heavy atom. The van der Waals surface area contributed by atoms with Crippen molar-refractivity contribution in [2.24, 2.45) is 0 Å². The van der Waals surface area contributed by atoms with Crippen LogP contribution in [-0.2, 0) is 11.3 Å². The highest BCUT2D eigenvalue weighted by molar-refractivity contribution is 6.42. The molecule has 32 heavy (non-hydrogen) atoms. The topological polar surface area (TPSA) is 96.8 Å². The first kappa shape index (κ1) is 21.8. The first-order valence-corrected chi connectivity index (χ1v) is 10.4. The zero-order valence-corrected chi connectivity index (χ0v) is 18.4. The van der Waals surface area contributed by atoms with Gasteiger partial charge in [0.25, 0.3) is 0 Å². The molecule has 3 N–H and O–H groups in total. The third kappa shape index (κ3) is 5.06. The molecule has 0 fully saturated rings. The molecule has 0 saturated carbocycles. The zero-order valence-electron chi connectivity index (χ0n) is 16.9. The van der Waals surface area contributed by atoms with Gasteiger partial charge in [0.05, 0.1) is 21.8 Å². The molecule has 0 saturated heterocycles. The Morgan fingerprint density at radius 2 is 1.88 bits per heavy atom. The highest BCUT2D eigenvalue weighted by Crippen LogP contribution is 2.28. The second kappa shape index (κ2) is 9.37. The number of aromatic nitrogens is 4. The minimum absolute atomic E-state index is 0.0102. The molecule has 4 aromatic rings. The van der Waals surface area contributed by atoms with E-state index in [2.05, 4.69) is 31.0 Å². The van der Waals surface area contributed by atoms with E-state index in [0.29, 0.717) is 34.4 Å². The molecule has 1 amide bonds. The van der Waals surface area contributed by atoms with Gasteiger partial charge in [0.2, 0.25) is 11.9 Å². The fourth-order valence-electron chi connectivity index (χ4n) is 2.96. The summed E-state index contributed by atoms with van der Waals surface area (Å²) in [5.41, 5.74) is 2.03. The molecule has 164 valence electrons. The number of fused-ring (bicyclic) bond motifs is 1. The third-order valence-electron chi connectivity index (χ3n) is 4.58. The standard InChI is InChI=1S/C21H18Cl2FN7O/c1-25-19(32)6-7-31-11-12-8-13(3-5-18(12)30-31)28-21-26-10-17(24)20(29-21)27-14-2-4-15(22)16(23)9-14/h2-5,8-11H,6-7H2,1H3,(H,25,32)(H2,26,27,28,29). The van der Waals surface area contributed by atoms with E-state index in [1.165, 1.54) is 0 Å². The molecule has 2 aromatic heterocycles. The Morgan fingerprint density at radius 3 is 2.66 bits per heavy atom. The number of carbonyl (C=O) groups is 1. The number of anilines is 4. The highest BCUT2D eigenvalue weighted by atomic mass is 35.5. The summed E-state index contributed by atoms with van der Waals surface area (Å²) in [4.78, 5) is 19.6. The van der Waals surface area contributed by atoms with Crippen LogP contribution >= 0.6 is 23.2 Å².